The molecular formula is C52H83N13O12. The molecule has 77 heavy (non-hydrogen) atoms. The number of aliphatic hydroxyl groups is 3. The van der Waals surface area contributed by atoms with Crippen LogP contribution in [0, 0.1) is 17.8 Å². The summed E-state index contributed by atoms with van der Waals surface area (Å²) in [7, 11) is 0. The molecule has 12 atom stereocenters. The highest BCUT2D eigenvalue weighted by Crippen LogP contribution is 2.19. The van der Waals surface area contributed by atoms with Gasteiger partial charge >= 0.3 is 0 Å². The van der Waals surface area contributed by atoms with E-state index in [-0.39, 0.29) is 57.1 Å². The highest BCUT2D eigenvalue weighted by molar-refractivity contribution is 5.98. The largest absolute Gasteiger partial charge is 0.394 e. The van der Waals surface area contributed by atoms with E-state index in [2.05, 4.69) is 52.8 Å². The number of carbonyl (C=O) groups is 9. The molecule has 1 fully saturated rings. The van der Waals surface area contributed by atoms with Crippen molar-refractivity contribution in [3.63, 3.8) is 0 Å². The summed E-state index contributed by atoms with van der Waals surface area (Å²) in [6.45, 7) is 9.53. The second kappa shape index (κ2) is 32.4. The normalized spacial score (nSPS) is 25.5. The van der Waals surface area contributed by atoms with E-state index in [0.29, 0.717) is 12.0 Å². The number of amides is 9. The Balaban J connectivity index is 0.0000203. The number of nitrogens with zero attached hydrogens (tertiary/aromatic N) is 1. The van der Waals surface area contributed by atoms with Crippen molar-refractivity contribution in [3.8, 4) is 0 Å². The number of rotatable bonds is 15. The average Bonchev–Trinajstić information content (AvgIpc) is 3.38. The van der Waals surface area contributed by atoms with Crippen LogP contribution in [0.25, 0.3) is 0 Å². The highest BCUT2D eigenvalue weighted by atomic mass is 16.3. The van der Waals surface area contributed by atoms with Crippen LogP contribution in [0.1, 0.15) is 98.7 Å². The Kier molecular flexibility index (Phi) is 27.7. The van der Waals surface area contributed by atoms with E-state index in [1.807, 2.05) is 0 Å². The molecule has 0 bridgehead atoms. The Morgan fingerprint density at radius 1 is 0.623 bits per heavy atom. The lowest BCUT2D eigenvalue weighted by atomic mass is 9.95. The van der Waals surface area contributed by atoms with Gasteiger partial charge in [0.2, 0.25) is 53.2 Å². The molecule has 0 saturated carbocycles. The van der Waals surface area contributed by atoms with Gasteiger partial charge < -0.3 is 80.4 Å². The van der Waals surface area contributed by atoms with Gasteiger partial charge in [-0.1, -0.05) is 116 Å². The third kappa shape index (κ3) is 21.0. The monoisotopic (exact) mass is 1080 g/mol. The molecule has 25 nitrogen and oxygen atoms in total. The summed E-state index contributed by atoms with van der Waals surface area (Å²) in [6.07, 6.45) is -2.95. The van der Waals surface area contributed by atoms with E-state index < -0.39 is 145 Å². The van der Waals surface area contributed by atoms with Crippen LogP contribution in [-0.2, 0) is 49.6 Å². The van der Waals surface area contributed by atoms with Gasteiger partial charge in [0.25, 0.3) is 0 Å². The maximum Gasteiger partial charge on any atom is 0.245 e. The Hall–Kier alpha value is -7.22. The van der Waals surface area contributed by atoms with Gasteiger partial charge in [-0.2, -0.15) is 0 Å². The second-order valence-corrected chi connectivity index (χ2v) is 19.7. The van der Waals surface area contributed by atoms with Crippen LogP contribution in [0.2, 0.25) is 0 Å². The molecule has 0 spiro atoms. The van der Waals surface area contributed by atoms with E-state index in [1.165, 1.54) is 19.1 Å². The Bertz CT molecular complexity index is 2300. The number of hydrogen-bond donors (Lipinski definition) is 15. The Morgan fingerprint density at radius 2 is 1.14 bits per heavy atom. The SMILES string of the molecule is C.CC[C@H](C)[C@@H]1NC(=O)[C@@H](CCCN=C(N)N)NC(=O)[C@H](CC(C)C)NC(=O)[C@H]([C@H](O)C(C)C)NC(=O)[C@@H](N)[C@@H](c2ccccc2)NC(=O)[C@H](CO)NC(=O)[C@H](Cc2ccccc2)NC(=O)CNC(=O)[C@H]([C@H](C)O)NC1=O. The Labute approximate surface area is 450 Å². The maximum absolute atomic E-state index is 14.4. The fraction of sp³-hybridized carbons (Fsp3) is 0.577. The molecule has 1 aliphatic heterocycles. The van der Waals surface area contributed by atoms with Crippen LogP contribution in [0.3, 0.4) is 0 Å². The van der Waals surface area contributed by atoms with Crippen LogP contribution in [0.4, 0.5) is 0 Å². The van der Waals surface area contributed by atoms with Crippen molar-refractivity contribution < 1.29 is 58.5 Å². The fourth-order valence-corrected chi connectivity index (χ4v) is 8.05. The van der Waals surface area contributed by atoms with Gasteiger partial charge in [-0.05, 0) is 55.1 Å². The van der Waals surface area contributed by atoms with Crippen LogP contribution in [-0.4, -0.2) is 155 Å². The first-order valence-electron chi connectivity index (χ1n) is 25.4. The van der Waals surface area contributed by atoms with Gasteiger partial charge in [0.15, 0.2) is 5.96 Å². The second-order valence-electron chi connectivity index (χ2n) is 19.7. The predicted molar refractivity (Wildman–Crippen MR) is 287 cm³/mol. The van der Waals surface area contributed by atoms with Crippen LogP contribution in [0.5, 0.6) is 0 Å². The van der Waals surface area contributed by atoms with Gasteiger partial charge in [-0.3, -0.25) is 48.1 Å². The molecule has 1 aliphatic rings. The number of carbonyl (C=O) groups excluding carboxylic acids is 9. The summed E-state index contributed by atoms with van der Waals surface area (Å²) in [5, 5.41) is 55.5. The zero-order valence-electron chi connectivity index (χ0n) is 44.2. The van der Waals surface area contributed by atoms with Crippen molar-refractivity contribution in [1.82, 2.24) is 47.9 Å². The lowest BCUT2D eigenvalue weighted by Gasteiger charge is -2.32. The molecule has 0 aliphatic carbocycles. The molecule has 18 N–H and O–H groups in total. The van der Waals surface area contributed by atoms with E-state index in [1.54, 1.807) is 90.1 Å². The van der Waals surface area contributed by atoms with Gasteiger partial charge in [-0.15, -0.1) is 0 Å². The van der Waals surface area contributed by atoms with Crippen molar-refractivity contribution >= 4 is 59.1 Å². The average molecular weight is 1080 g/mol. The molecule has 428 valence electrons. The van der Waals surface area contributed by atoms with Crippen molar-refractivity contribution in [1.29, 1.82) is 0 Å². The van der Waals surface area contributed by atoms with Crippen LogP contribution < -0.4 is 65.1 Å². The quantitative estimate of drug-likeness (QED) is 0.0484. The Morgan fingerprint density at radius 3 is 1.70 bits per heavy atom. The topological polar surface area (TPSA) is 413 Å². The van der Waals surface area contributed by atoms with Crippen LogP contribution >= 0.6 is 0 Å². The summed E-state index contributed by atoms with van der Waals surface area (Å²) in [4.78, 5) is 131. The first-order chi connectivity index (χ1) is 35.9. The van der Waals surface area contributed by atoms with Crippen molar-refractivity contribution in [2.24, 2.45) is 39.9 Å². The molecule has 25 heteroatoms. The lowest BCUT2D eigenvalue weighted by molar-refractivity contribution is -0.138. The first-order valence-corrected chi connectivity index (χ1v) is 25.4. The number of nitrogens with two attached hydrogens (primary N) is 3. The number of aliphatic hydroxyl groups excluding tert-OH is 3. The highest BCUT2D eigenvalue weighted by Gasteiger charge is 2.39. The minimum atomic E-state index is -1.76. The zero-order valence-corrected chi connectivity index (χ0v) is 44.2. The summed E-state index contributed by atoms with van der Waals surface area (Å²) in [6, 6.07) is 2.48. The van der Waals surface area contributed by atoms with Gasteiger partial charge in [0.05, 0.1) is 31.4 Å². The molecule has 2 aromatic carbocycles. The smallest absolute Gasteiger partial charge is 0.245 e. The van der Waals surface area contributed by atoms with Gasteiger partial charge in [0, 0.05) is 13.0 Å². The van der Waals surface area contributed by atoms with Crippen LogP contribution in [0.15, 0.2) is 65.7 Å². The molecule has 0 unspecified atom stereocenters. The van der Waals surface area contributed by atoms with E-state index in [0.717, 1.165) is 0 Å². The number of guanidine groups is 1. The van der Waals surface area contributed by atoms with Crippen molar-refractivity contribution in [3.05, 3.63) is 71.8 Å². The summed E-state index contributed by atoms with van der Waals surface area (Å²) < 4.78 is 0. The maximum atomic E-state index is 14.4. The lowest BCUT2D eigenvalue weighted by Crippen LogP contribution is -2.63. The van der Waals surface area contributed by atoms with Crippen molar-refractivity contribution in [2.45, 2.75) is 155 Å². The number of benzene rings is 2. The molecule has 9 amide bonds. The summed E-state index contributed by atoms with van der Waals surface area (Å²) in [5.41, 5.74) is 18.5. The third-order valence-corrected chi connectivity index (χ3v) is 12.7. The standard InChI is InChI=1S/C51H79N13O12.CH4/c1-8-28(6)38-49(75)62-39(29(7)66)48(74)56-24-36(67)57-34(23-30-16-11-9-12-17-30)45(71)60-35(25-65)46(72)63-40(31-18-13-10-14-19-31)37(52)47(73)64-41(42(68)27(4)5)50(76)59-33(22-26(2)3)44(70)58-32(43(69)61-38)20-15-21-55-51(53)54;/h9-14,16-19,26-29,32-35,37-42,65-66,68H,8,15,20-25,52H2,1-7H3,(H,56,74)(H,57,67)(H,58,70)(H,59,76)(H,60,71)(H,61,69)(H,62,75)(H,63,72)(H,64,73)(H4,53,54,55);1H4/t28-,29-,32+,33-,34-,35-,37-,38-,39-,40+,41-,42+;/m0./s1. The molecule has 0 radical (unpaired) electrons. The van der Waals surface area contributed by atoms with E-state index in [4.69, 9.17) is 17.2 Å². The fourth-order valence-electron chi connectivity index (χ4n) is 8.05. The third-order valence-electron chi connectivity index (χ3n) is 12.7. The van der Waals surface area contributed by atoms with E-state index >= 15 is 0 Å². The molecule has 0 aromatic heterocycles. The van der Waals surface area contributed by atoms with E-state index in [9.17, 15) is 58.5 Å². The predicted octanol–water partition coefficient (Wildman–Crippen LogP) is -2.89. The molecule has 2 aromatic rings. The molecular weight excluding hydrogens is 999 g/mol. The van der Waals surface area contributed by atoms with Gasteiger partial charge in [-0.25, -0.2) is 0 Å². The first kappa shape index (κ1) is 65.9. The molecule has 3 rings (SSSR count). The molecule has 1 heterocycles. The summed E-state index contributed by atoms with van der Waals surface area (Å²) in [5.74, 6) is -10.4. The molecule has 1 saturated heterocycles. The summed E-state index contributed by atoms with van der Waals surface area (Å²) >= 11 is 0. The minimum Gasteiger partial charge on any atom is -0.394 e. The van der Waals surface area contributed by atoms with Crippen molar-refractivity contribution in [2.75, 3.05) is 19.7 Å². The minimum absolute atomic E-state index is 0. The zero-order chi connectivity index (χ0) is 56.8. The van der Waals surface area contributed by atoms with Gasteiger partial charge in [0.1, 0.15) is 48.3 Å². The number of aliphatic imine (C=N–C) groups is 1. The number of nitrogens with one attached hydrogen (secondary N) is 9. The number of hydrogen-bond acceptors (Lipinski definition) is 14.